The number of benzene rings is 6. The van der Waals surface area contributed by atoms with Gasteiger partial charge in [-0.05, 0) is 97.1 Å². The molecule has 0 fully saturated rings. The van der Waals surface area contributed by atoms with Gasteiger partial charge in [0.05, 0.1) is 22.1 Å². The van der Waals surface area contributed by atoms with Crippen LogP contribution in [0.3, 0.4) is 0 Å². The molecule has 0 bridgehead atoms. The first-order valence-corrected chi connectivity index (χ1v) is 19.6. The van der Waals surface area contributed by atoms with Crippen LogP contribution >= 0.6 is 0 Å². The molecule has 0 saturated heterocycles. The average molecular weight is 743 g/mol. The third kappa shape index (κ3) is 5.71. The summed E-state index contributed by atoms with van der Waals surface area (Å²) in [6.07, 6.45) is 4.15. The Morgan fingerprint density at radius 2 is 1.16 bits per heavy atom. The highest BCUT2D eigenvalue weighted by Crippen LogP contribution is 2.42. The molecule has 0 aliphatic carbocycles. The number of imidazole rings is 1. The minimum Gasteiger partial charge on any atom is -0.457 e. The molecule has 6 nitrogen and oxygen atoms in total. The molecule has 0 radical (unpaired) electrons. The summed E-state index contributed by atoms with van der Waals surface area (Å²) in [5.41, 5.74) is 11.0. The van der Waals surface area contributed by atoms with Crippen LogP contribution in [0.1, 0.15) is 45.7 Å². The van der Waals surface area contributed by atoms with Gasteiger partial charge in [0.1, 0.15) is 28.5 Å². The Morgan fingerprint density at radius 3 is 1.95 bits per heavy atom. The van der Waals surface area contributed by atoms with Crippen LogP contribution in [0.15, 0.2) is 176 Å². The van der Waals surface area contributed by atoms with Gasteiger partial charge < -0.3 is 9.30 Å². The molecule has 0 saturated carbocycles. The molecule has 10 rings (SSSR count). The molecule has 0 spiro atoms. The minimum absolute atomic E-state index is 0.0430. The van der Waals surface area contributed by atoms with Crippen LogP contribution in [0.5, 0.6) is 11.5 Å². The molecule has 57 heavy (non-hydrogen) atoms. The highest BCUT2D eigenvalue weighted by Gasteiger charge is 2.32. The molecular weight excluding hydrogens is 699 g/mol. The topological polar surface area (TPSA) is 40.8 Å². The summed E-state index contributed by atoms with van der Waals surface area (Å²) in [4.78, 5) is 5.01. The third-order valence-corrected chi connectivity index (χ3v) is 11.4. The van der Waals surface area contributed by atoms with Crippen molar-refractivity contribution in [2.45, 2.75) is 45.6 Å². The molecule has 0 atom stereocenters. The van der Waals surface area contributed by atoms with E-state index in [1.54, 1.807) is 0 Å². The number of hydrogen-bond donors (Lipinski definition) is 0. The summed E-state index contributed by atoms with van der Waals surface area (Å²) in [6, 6.07) is 57.7. The van der Waals surface area contributed by atoms with Crippen molar-refractivity contribution in [1.29, 1.82) is 0 Å². The van der Waals surface area contributed by atoms with E-state index in [1.165, 1.54) is 11.1 Å². The fraction of sp³-hybridized carbons (Fsp3) is 0.137. The van der Waals surface area contributed by atoms with Gasteiger partial charge in [-0.3, -0.25) is 4.57 Å². The lowest BCUT2D eigenvalue weighted by Crippen LogP contribution is -2.52. The molecule has 6 aromatic carbocycles. The standard InChI is InChI=1S/C51H44N5O/c1-50(2,3)36-29-30-52-47(31-36)56-46-33-40(27-28-42(46)48-49(56)41-23-12-13-24-43(41)55(48)37-19-10-7-11-20-37)57-39-22-16-21-38(32-39)53-34-54(45-26-15-14-25-44(45)53)51(4,5)35-17-8-6-9-18-35/h6-34H,1-5H3/q+1. The van der Waals surface area contributed by atoms with E-state index < -0.39 is 0 Å². The predicted molar refractivity (Wildman–Crippen MR) is 233 cm³/mol. The van der Waals surface area contributed by atoms with Gasteiger partial charge in [0.25, 0.3) is 6.33 Å². The van der Waals surface area contributed by atoms with E-state index in [0.29, 0.717) is 0 Å². The fourth-order valence-corrected chi connectivity index (χ4v) is 8.45. The Balaban J connectivity index is 1.13. The molecule has 278 valence electrons. The smallest absolute Gasteiger partial charge is 0.250 e. The molecule has 0 aliphatic rings. The number of rotatable bonds is 7. The number of ether oxygens (including phenoxy) is 1. The Labute approximate surface area is 332 Å². The van der Waals surface area contributed by atoms with E-state index in [-0.39, 0.29) is 11.0 Å². The fourth-order valence-electron chi connectivity index (χ4n) is 8.45. The second kappa shape index (κ2) is 13.1. The van der Waals surface area contributed by atoms with Gasteiger partial charge in [-0.1, -0.05) is 106 Å². The van der Waals surface area contributed by atoms with E-state index in [9.17, 15) is 0 Å². The first-order valence-electron chi connectivity index (χ1n) is 19.6. The van der Waals surface area contributed by atoms with Gasteiger partial charge in [-0.2, -0.15) is 4.57 Å². The van der Waals surface area contributed by atoms with Crippen molar-refractivity contribution in [3.8, 4) is 28.7 Å². The minimum atomic E-state index is -0.275. The van der Waals surface area contributed by atoms with E-state index in [4.69, 9.17) is 9.72 Å². The average Bonchev–Trinajstić information content (AvgIpc) is 3.90. The second-order valence-corrected chi connectivity index (χ2v) is 16.4. The second-order valence-electron chi connectivity index (χ2n) is 16.4. The van der Waals surface area contributed by atoms with Crippen molar-refractivity contribution in [3.05, 3.63) is 187 Å². The predicted octanol–water partition coefficient (Wildman–Crippen LogP) is 12.2. The third-order valence-electron chi connectivity index (χ3n) is 11.4. The maximum atomic E-state index is 6.79. The highest BCUT2D eigenvalue weighted by molar-refractivity contribution is 6.20. The number of hydrogen-bond acceptors (Lipinski definition) is 2. The van der Waals surface area contributed by atoms with Crippen molar-refractivity contribution < 1.29 is 9.30 Å². The Bertz CT molecular complexity index is 3110. The van der Waals surface area contributed by atoms with Crippen LogP contribution in [0, 0.1) is 0 Å². The monoisotopic (exact) mass is 742 g/mol. The lowest BCUT2D eigenvalue weighted by Gasteiger charge is -2.22. The van der Waals surface area contributed by atoms with E-state index in [2.05, 4.69) is 217 Å². The first-order chi connectivity index (χ1) is 27.7. The maximum absolute atomic E-state index is 6.79. The summed E-state index contributed by atoms with van der Waals surface area (Å²) in [6.45, 7) is 11.3. The van der Waals surface area contributed by atoms with Crippen LogP contribution in [-0.4, -0.2) is 18.7 Å². The molecule has 0 N–H and O–H groups in total. The molecule has 0 amide bonds. The summed E-state index contributed by atoms with van der Waals surface area (Å²) in [5, 5.41) is 2.29. The van der Waals surface area contributed by atoms with Crippen LogP contribution in [0.25, 0.3) is 61.1 Å². The highest BCUT2D eigenvalue weighted by atomic mass is 16.5. The maximum Gasteiger partial charge on any atom is 0.250 e. The van der Waals surface area contributed by atoms with Crippen LogP contribution < -0.4 is 9.30 Å². The Kier molecular flexibility index (Phi) is 7.94. The van der Waals surface area contributed by atoms with Crippen LogP contribution in [0.4, 0.5) is 0 Å². The Hall–Kier alpha value is -6.92. The SMILES string of the molecule is CC(C)(C)c1ccnc(-n2c3cc(Oc4cccc(-n5c[n+](C(C)(C)c6ccccc6)c6ccccc65)c4)ccc3c3c2c2ccccc2n3-c2ccccc2)c1. The lowest BCUT2D eigenvalue weighted by atomic mass is 9.88. The van der Waals surface area contributed by atoms with Gasteiger partial charge >= 0.3 is 0 Å². The van der Waals surface area contributed by atoms with Crippen molar-refractivity contribution in [1.82, 2.24) is 18.7 Å². The molecule has 4 aromatic heterocycles. The zero-order valence-electron chi connectivity index (χ0n) is 32.9. The quantitative estimate of drug-likeness (QED) is 0.153. The summed E-state index contributed by atoms with van der Waals surface area (Å²) >= 11 is 0. The summed E-state index contributed by atoms with van der Waals surface area (Å²) in [7, 11) is 0. The molecular formula is C51H44N5O+. The van der Waals surface area contributed by atoms with Crippen molar-refractivity contribution in [2.24, 2.45) is 0 Å². The van der Waals surface area contributed by atoms with Crippen molar-refractivity contribution >= 4 is 43.9 Å². The Morgan fingerprint density at radius 1 is 0.509 bits per heavy atom. The number of nitrogens with zero attached hydrogens (tertiary/aromatic N) is 5. The van der Waals surface area contributed by atoms with E-state index >= 15 is 0 Å². The van der Waals surface area contributed by atoms with E-state index in [0.717, 1.165) is 72.6 Å². The van der Waals surface area contributed by atoms with Crippen molar-refractivity contribution in [3.63, 3.8) is 0 Å². The lowest BCUT2D eigenvalue weighted by molar-refractivity contribution is -0.724. The normalized spacial score (nSPS) is 12.3. The zero-order chi connectivity index (χ0) is 38.9. The van der Waals surface area contributed by atoms with Crippen LogP contribution in [-0.2, 0) is 11.0 Å². The zero-order valence-corrected chi connectivity index (χ0v) is 32.9. The van der Waals surface area contributed by atoms with Gasteiger partial charge in [-0.25, -0.2) is 9.55 Å². The summed E-state index contributed by atoms with van der Waals surface area (Å²) in [5.74, 6) is 2.39. The number of fused-ring (bicyclic) bond motifs is 6. The van der Waals surface area contributed by atoms with Gasteiger partial charge in [-0.15, -0.1) is 0 Å². The summed E-state index contributed by atoms with van der Waals surface area (Å²) < 4.78 is 16.1. The van der Waals surface area contributed by atoms with Gasteiger partial charge in [0.2, 0.25) is 0 Å². The largest absolute Gasteiger partial charge is 0.457 e. The van der Waals surface area contributed by atoms with Crippen LogP contribution in [0.2, 0.25) is 0 Å². The van der Waals surface area contributed by atoms with E-state index in [1.807, 2.05) is 12.3 Å². The number of pyridine rings is 1. The molecule has 0 aliphatic heterocycles. The molecule has 6 heteroatoms. The van der Waals surface area contributed by atoms with Gasteiger partial charge in [0, 0.05) is 34.8 Å². The number of para-hydroxylation sites is 4. The number of aromatic nitrogens is 5. The van der Waals surface area contributed by atoms with Crippen molar-refractivity contribution in [2.75, 3.05) is 0 Å². The van der Waals surface area contributed by atoms with Gasteiger partial charge in [0.15, 0.2) is 11.0 Å². The molecule has 4 heterocycles. The molecule has 10 aromatic rings. The first kappa shape index (κ1) is 34.6. The molecule has 0 unspecified atom stereocenters.